The number of nitrogens with one attached hydrogen (secondary N) is 2. The normalized spacial score (nSPS) is 10.9. The maximum absolute atomic E-state index is 13.5. The van der Waals surface area contributed by atoms with Crippen LogP contribution >= 0.6 is 11.8 Å². The summed E-state index contributed by atoms with van der Waals surface area (Å²) >= 11 is 1.42. The lowest BCUT2D eigenvalue weighted by Crippen LogP contribution is -2.29. The van der Waals surface area contributed by atoms with E-state index in [4.69, 9.17) is 0 Å². The maximum Gasteiger partial charge on any atom is 0.247 e. The van der Waals surface area contributed by atoms with Crippen LogP contribution in [-0.4, -0.2) is 76.0 Å². The Hall–Kier alpha value is -4.29. The summed E-state index contributed by atoms with van der Waals surface area (Å²) in [5, 5.41) is 15.3. The molecule has 1 amide bonds. The number of rotatable bonds is 11. The number of hydrogen-bond donors (Lipinski definition) is 2. The molecule has 0 fully saturated rings. The quantitative estimate of drug-likeness (QED) is 0.208. The van der Waals surface area contributed by atoms with Crippen LogP contribution in [0.3, 0.4) is 0 Å². The van der Waals surface area contributed by atoms with Gasteiger partial charge in [0, 0.05) is 43.7 Å². The van der Waals surface area contributed by atoms with Crippen molar-refractivity contribution in [1.82, 2.24) is 29.6 Å². The molecule has 4 rings (SSSR count). The molecule has 39 heavy (non-hydrogen) atoms. The average Bonchev–Trinajstić information content (AvgIpc) is 3.36. The second-order valence-electron chi connectivity index (χ2n) is 8.87. The highest BCUT2D eigenvalue weighted by atomic mass is 32.2. The Morgan fingerprint density at radius 3 is 2.56 bits per heavy atom. The molecule has 2 heterocycles. The van der Waals surface area contributed by atoms with E-state index in [1.807, 2.05) is 45.6 Å². The Balaban J connectivity index is 1.65. The number of aromatic nitrogens is 5. The minimum Gasteiger partial charge on any atom is -0.372 e. The summed E-state index contributed by atoms with van der Waals surface area (Å²) in [4.78, 5) is 25.4. The molecule has 2 aromatic heterocycles. The fourth-order valence-electron chi connectivity index (χ4n) is 3.76. The molecule has 0 aliphatic heterocycles. The molecule has 10 nitrogen and oxygen atoms in total. The summed E-state index contributed by atoms with van der Waals surface area (Å²) in [6.07, 6.45) is 4.76. The van der Waals surface area contributed by atoms with Gasteiger partial charge in [-0.25, -0.2) is 9.37 Å². The predicted octanol–water partition coefficient (Wildman–Crippen LogP) is 4.45. The standard InChI is InChI=1S/C27H30FN9OS/c1-6-24(38)31-21-17-20(11-12-22(21)36(4)16-15-35(2)3)30-26-29-14-13-23(32-26)37-25(33-34-27(37)39-5)18-7-9-19(28)10-8-18/h6-14,17H,1,15-16H2,2-5H3,(H,31,38)(H,29,30,32). The Kier molecular flexibility index (Phi) is 8.89. The van der Waals surface area contributed by atoms with Crippen molar-refractivity contribution in [3.05, 3.63) is 73.2 Å². The van der Waals surface area contributed by atoms with Crippen molar-refractivity contribution in [3.63, 3.8) is 0 Å². The number of likely N-dealkylation sites (N-methyl/N-ethyl adjacent to an activating group) is 2. The van der Waals surface area contributed by atoms with Crippen LogP contribution < -0.4 is 15.5 Å². The fraction of sp³-hybridized carbons (Fsp3) is 0.222. The van der Waals surface area contributed by atoms with E-state index in [1.165, 1.54) is 30.0 Å². The summed E-state index contributed by atoms with van der Waals surface area (Å²) in [5.74, 6) is 0.776. The van der Waals surface area contributed by atoms with Crippen LogP contribution in [0.25, 0.3) is 17.2 Å². The van der Waals surface area contributed by atoms with Gasteiger partial charge >= 0.3 is 0 Å². The summed E-state index contributed by atoms with van der Waals surface area (Å²) in [6.45, 7) is 5.19. The predicted molar refractivity (Wildman–Crippen MR) is 154 cm³/mol. The van der Waals surface area contributed by atoms with E-state index >= 15 is 0 Å². The molecule has 0 spiro atoms. The van der Waals surface area contributed by atoms with Crippen LogP contribution in [0.4, 0.5) is 27.4 Å². The molecular weight excluding hydrogens is 517 g/mol. The van der Waals surface area contributed by atoms with Crippen LogP contribution in [0.15, 0.2) is 72.5 Å². The van der Waals surface area contributed by atoms with Crippen molar-refractivity contribution < 1.29 is 9.18 Å². The molecule has 12 heteroatoms. The lowest BCUT2D eigenvalue weighted by molar-refractivity contribution is -0.111. The SMILES string of the molecule is C=CC(=O)Nc1cc(Nc2nccc(-n3c(SC)nnc3-c3ccc(F)cc3)n2)ccc1N(C)CCN(C)C. The Bertz CT molecular complexity index is 1460. The monoisotopic (exact) mass is 547 g/mol. The Morgan fingerprint density at radius 2 is 1.87 bits per heavy atom. The van der Waals surface area contributed by atoms with Gasteiger partial charge in [-0.1, -0.05) is 18.3 Å². The highest BCUT2D eigenvalue weighted by molar-refractivity contribution is 7.98. The summed E-state index contributed by atoms with van der Waals surface area (Å²) in [5.41, 5.74) is 2.88. The highest BCUT2D eigenvalue weighted by Crippen LogP contribution is 2.31. The van der Waals surface area contributed by atoms with E-state index < -0.39 is 0 Å². The smallest absolute Gasteiger partial charge is 0.247 e. The minimum atomic E-state index is -0.331. The number of hydrogen-bond acceptors (Lipinski definition) is 9. The number of carbonyl (C=O) groups is 1. The molecule has 0 aliphatic rings. The Morgan fingerprint density at radius 1 is 1.10 bits per heavy atom. The van der Waals surface area contributed by atoms with Crippen molar-refractivity contribution in [2.75, 3.05) is 56.0 Å². The first kappa shape index (κ1) is 27.7. The van der Waals surface area contributed by atoms with E-state index in [-0.39, 0.29) is 11.7 Å². The summed E-state index contributed by atoms with van der Waals surface area (Å²) < 4.78 is 15.3. The maximum atomic E-state index is 13.5. The van der Waals surface area contributed by atoms with E-state index in [2.05, 4.69) is 47.2 Å². The van der Waals surface area contributed by atoms with Gasteiger partial charge in [-0.2, -0.15) is 4.98 Å². The van der Waals surface area contributed by atoms with E-state index in [0.29, 0.717) is 39.7 Å². The van der Waals surface area contributed by atoms with Crippen molar-refractivity contribution in [1.29, 1.82) is 0 Å². The molecule has 202 valence electrons. The van der Waals surface area contributed by atoms with Crippen molar-refractivity contribution in [2.24, 2.45) is 0 Å². The third kappa shape index (κ3) is 6.78. The molecule has 0 saturated heterocycles. The molecule has 0 unspecified atom stereocenters. The van der Waals surface area contributed by atoms with Crippen LogP contribution in [0.2, 0.25) is 0 Å². The van der Waals surface area contributed by atoms with Gasteiger partial charge in [-0.3, -0.25) is 9.36 Å². The molecule has 4 aromatic rings. The van der Waals surface area contributed by atoms with Gasteiger partial charge in [0.15, 0.2) is 11.0 Å². The number of thioether (sulfide) groups is 1. The first-order valence-corrected chi connectivity index (χ1v) is 13.3. The van der Waals surface area contributed by atoms with Crippen molar-refractivity contribution >= 4 is 40.7 Å². The van der Waals surface area contributed by atoms with Gasteiger partial charge in [0.1, 0.15) is 11.6 Å². The second-order valence-corrected chi connectivity index (χ2v) is 9.64. The molecule has 0 aliphatic carbocycles. The largest absolute Gasteiger partial charge is 0.372 e. The fourth-order valence-corrected chi connectivity index (χ4v) is 4.24. The molecule has 2 aromatic carbocycles. The zero-order valence-electron chi connectivity index (χ0n) is 22.2. The number of nitrogens with zero attached hydrogens (tertiary/aromatic N) is 7. The zero-order valence-corrected chi connectivity index (χ0v) is 23.0. The zero-order chi connectivity index (χ0) is 27.9. The minimum absolute atomic E-state index is 0.307. The number of halogens is 1. The lowest BCUT2D eigenvalue weighted by atomic mass is 10.2. The summed E-state index contributed by atoms with van der Waals surface area (Å²) in [6, 6.07) is 13.5. The van der Waals surface area contributed by atoms with Crippen LogP contribution in [-0.2, 0) is 4.79 Å². The molecule has 0 bridgehead atoms. The van der Waals surface area contributed by atoms with E-state index in [1.54, 1.807) is 29.0 Å². The topological polar surface area (TPSA) is 104 Å². The van der Waals surface area contributed by atoms with Crippen molar-refractivity contribution in [3.8, 4) is 17.2 Å². The first-order valence-electron chi connectivity index (χ1n) is 12.1. The third-order valence-electron chi connectivity index (χ3n) is 5.78. The number of carbonyl (C=O) groups excluding carboxylic acids is 1. The van der Waals surface area contributed by atoms with Gasteiger partial charge in [0.05, 0.1) is 11.4 Å². The van der Waals surface area contributed by atoms with Crippen LogP contribution in [0.5, 0.6) is 0 Å². The first-order chi connectivity index (χ1) is 18.8. The second kappa shape index (κ2) is 12.5. The average molecular weight is 548 g/mol. The van der Waals surface area contributed by atoms with Gasteiger partial charge in [0.2, 0.25) is 11.9 Å². The van der Waals surface area contributed by atoms with E-state index in [9.17, 15) is 9.18 Å². The van der Waals surface area contributed by atoms with Crippen molar-refractivity contribution in [2.45, 2.75) is 5.16 Å². The highest BCUT2D eigenvalue weighted by Gasteiger charge is 2.17. The number of anilines is 4. The Labute approximate surface area is 231 Å². The van der Waals surface area contributed by atoms with E-state index in [0.717, 1.165) is 18.8 Å². The van der Waals surface area contributed by atoms with Gasteiger partial charge < -0.3 is 20.4 Å². The number of benzene rings is 2. The molecule has 0 radical (unpaired) electrons. The van der Waals surface area contributed by atoms with Gasteiger partial charge in [0.25, 0.3) is 0 Å². The summed E-state index contributed by atoms with van der Waals surface area (Å²) in [7, 11) is 6.00. The molecule has 0 atom stereocenters. The van der Waals surface area contributed by atoms with Gasteiger partial charge in [-0.15, -0.1) is 10.2 Å². The number of amides is 1. The molecular formula is C27H30FN9OS. The molecule has 2 N–H and O–H groups in total. The van der Waals surface area contributed by atoms with Gasteiger partial charge in [-0.05, 0) is 68.9 Å². The molecule has 0 saturated carbocycles. The van der Waals surface area contributed by atoms with Crippen LogP contribution in [0, 0.1) is 5.82 Å². The third-order valence-corrected chi connectivity index (χ3v) is 6.41. The van der Waals surface area contributed by atoms with Crippen LogP contribution in [0.1, 0.15) is 0 Å². The lowest BCUT2D eigenvalue weighted by Gasteiger charge is -2.24.